The fourth-order valence-corrected chi connectivity index (χ4v) is 3.93. The van der Waals surface area contributed by atoms with E-state index in [9.17, 15) is 24.6 Å². The number of hydroxylamine groups is 1. The van der Waals surface area contributed by atoms with Crippen LogP contribution in [0.15, 0.2) is 21.3 Å². The van der Waals surface area contributed by atoms with Gasteiger partial charge in [0.15, 0.2) is 17.8 Å². The largest absolute Gasteiger partial charge is 0.506 e. The number of amides is 2. The molecule has 1 aliphatic rings. The molecule has 2 heterocycles. The minimum Gasteiger partial charge on any atom is -0.506 e. The molecule has 3 rings (SSSR count). The number of fused-ring (bicyclic) bond motifs is 1. The maximum Gasteiger partial charge on any atom is 0.431 e. The lowest BCUT2D eigenvalue weighted by molar-refractivity contribution is -0.305. The van der Waals surface area contributed by atoms with E-state index in [1.165, 1.54) is 26.2 Å². The molecule has 4 atom stereocenters. The summed E-state index contributed by atoms with van der Waals surface area (Å²) in [5.74, 6) is 0.493. The molecule has 5 N–H and O–H groups in total. The van der Waals surface area contributed by atoms with Gasteiger partial charge in [-0.1, -0.05) is 5.92 Å². The molecule has 1 aromatic carbocycles. The van der Waals surface area contributed by atoms with E-state index in [0.717, 1.165) is 0 Å². The van der Waals surface area contributed by atoms with Crippen molar-refractivity contribution in [2.24, 2.45) is 5.73 Å². The molecule has 2 amide bonds. The Morgan fingerprint density at radius 1 is 1.33 bits per heavy atom. The number of terminal acetylenes is 1. The fourth-order valence-electron chi connectivity index (χ4n) is 3.93. The fraction of sp³-hybridized carbons (Fsp3) is 0.435. The summed E-state index contributed by atoms with van der Waals surface area (Å²) in [6.45, 7) is 4.60. The second-order valence-electron chi connectivity index (χ2n) is 8.36. The predicted octanol–water partition coefficient (Wildman–Crippen LogP) is 0.455. The number of rotatable bonds is 7. The van der Waals surface area contributed by atoms with E-state index in [2.05, 4.69) is 5.92 Å². The summed E-state index contributed by atoms with van der Waals surface area (Å²) in [5, 5.41) is 21.4. The lowest BCUT2D eigenvalue weighted by atomic mass is 9.89. The van der Waals surface area contributed by atoms with Gasteiger partial charge in [-0.05, 0) is 32.9 Å². The van der Waals surface area contributed by atoms with Gasteiger partial charge in [0, 0.05) is 12.7 Å². The molecule has 13 heteroatoms. The maximum absolute atomic E-state index is 12.2. The van der Waals surface area contributed by atoms with Gasteiger partial charge in [-0.2, -0.15) is 5.48 Å². The topological polar surface area (TPSA) is 189 Å². The zero-order valence-corrected chi connectivity index (χ0v) is 19.9. The van der Waals surface area contributed by atoms with Crippen LogP contribution in [-0.4, -0.2) is 66.1 Å². The zero-order valence-electron chi connectivity index (χ0n) is 19.9. The van der Waals surface area contributed by atoms with E-state index in [4.69, 9.17) is 40.4 Å². The number of carbonyl (C=O) groups is 2. The summed E-state index contributed by atoms with van der Waals surface area (Å²) in [7, 11) is 1.36. The molecule has 13 nitrogen and oxygen atoms in total. The van der Waals surface area contributed by atoms with E-state index >= 15 is 0 Å². The molecule has 2 aromatic rings. The first-order valence-corrected chi connectivity index (χ1v) is 10.6. The first-order chi connectivity index (χ1) is 16.9. The Hall–Kier alpha value is -3.83. The quantitative estimate of drug-likeness (QED) is 0.177. The van der Waals surface area contributed by atoms with Gasteiger partial charge in [-0.15, -0.1) is 6.42 Å². The minimum atomic E-state index is -1.55. The molecule has 1 aliphatic heterocycles. The number of hydrogen-bond acceptors (Lipinski definition) is 11. The van der Waals surface area contributed by atoms with Crippen LogP contribution in [0.4, 0.5) is 4.79 Å². The Labute approximate surface area is 205 Å². The Morgan fingerprint density at radius 3 is 2.64 bits per heavy atom. The summed E-state index contributed by atoms with van der Waals surface area (Å²) >= 11 is 0. The van der Waals surface area contributed by atoms with Gasteiger partial charge >= 0.3 is 11.7 Å². The van der Waals surface area contributed by atoms with Crippen LogP contribution in [0.5, 0.6) is 11.5 Å². The molecule has 0 bridgehead atoms. The van der Waals surface area contributed by atoms with Gasteiger partial charge in [-0.3, -0.25) is 9.63 Å². The Kier molecular flexibility index (Phi) is 7.75. The highest BCUT2D eigenvalue weighted by molar-refractivity contribution is 6.01. The van der Waals surface area contributed by atoms with Crippen LogP contribution in [0, 0.1) is 19.3 Å². The number of carbonyl (C=O) groups excluding carboxylic acids is 2. The third-order valence-corrected chi connectivity index (χ3v) is 5.56. The Morgan fingerprint density at radius 2 is 2.03 bits per heavy atom. The normalized spacial score (nSPS) is 23.0. The van der Waals surface area contributed by atoms with Crippen LogP contribution < -0.4 is 21.6 Å². The summed E-state index contributed by atoms with van der Waals surface area (Å²) in [6, 6.07) is 2.74. The first-order valence-electron chi connectivity index (χ1n) is 10.6. The number of aromatic hydroxyl groups is 1. The van der Waals surface area contributed by atoms with Gasteiger partial charge in [0.2, 0.25) is 6.29 Å². The molecule has 0 spiro atoms. The van der Waals surface area contributed by atoms with Crippen molar-refractivity contribution in [1.29, 1.82) is 0 Å². The highest BCUT2D eigenvalue weighted by Crippen LogP contribution is 2.37. The van der Waals surface area contributed by atoms with E-state index in [0.29, 0.717) is 0 Å². The molecule has 0 aliphatic carbocycles. The Bertz CT molecular complexity index is 1260. The van der Waals surface area contributed by atoms with Gasteiger partial charge in [-0.25, -0.2) is 9.59 Å². The standard InChI is InChI=1S/C23H26N2O11/c1-6-9-32-25-22(30)35-17-15(27)21(36-23(3,4)18(17)31-5)33-12-8-7-11-14(26)13(19(24)28)20(29)34-16(11)10(12)2/h1,7-8,15,17-18,21,26-27H,9H2,2-5H3,(H2,24,28)(H,25,30). The van der Waals surface area contributed by atoms with Crippen LogP contribution >= 0.6 is 0 Å². The predicted molar refractivity (Wildman–Crippen MR) is 122 cm³/mol. The first kappa shape index (κ1) is 26.8. The number of ether oxygens (including phenoxy) is 4. The minimum absolute atomic E-state index is 0.0444. The SMILES string of the molecule is C#CCONC(=O)OC1C(O)C(Oc2ccc3c(O)c(C(N)=O)c(=O)oc3c2C)OC(C)(C)C1OC. The van der Waals surface area contributed by atoms with E-state index < -0.39 is 59.1 Å². The number of nitrogens with two attached hydrogens (primary N) is 1. The number of methoxy groups -OCH3 is 1. The van der Waals surface area contributed by atoms with Gasteiger partial charge < -0.3 is 39.3 Å². The molecule has 0 radical (unpaired) electrons. The van der Waals surface area contributed by atoms with E-state index in [-0.39, 0.29) is 28.9 Å². The van der Waals surface area contributed by atoms with Crippen molar-refractivity contribution in [3.05, 3.63) is 33.7 Å². The summed E-state index contributed by atoms with van der Waals surface area (Å²) in [6.07, 6.45) is -1.07. The summed E-state index contributed by atoms with van der Waals surface area (Å²) < 4.78 is 27.7. The maximum atomic E-state index is 12.2. The smallest absolute Gasteiger partial charge is 0.431 e. The van der Waals surface area contributed by atoms with Gasteiger partial charge in [0.1, 0.15) is 29.8 Å². The lowest BCUT2D eigenvalue weighted by Gasteiger charge is -2.47. The van der Waals surface area contributed by atoms with E-state index in [1.807, 2.05) is 5.48 Å². The Balaban J connectivity index is 1.93. The van der Waals surface area contributed by atoms with Gasteiger partial charge in [0.25, 0.3) is 5.91 Å². The number of aryl methyl sites for hydroxylation is 1. The molecule has 4 unspecified atom stereocenters. The van der Waals surface area contributed by atoms with Crippen LogP contribution in [-0.2, 0) is 19.0 Å². The van der Waals surface area contributed by atoms with E-state index in [1.54, 1.807) is 13.8 Å². The highest BCUT2D eigenvalue weighted by atomic mass is 16.7. The zero-order chi connectivity index (χ0) is 26.8. The second-order valence-corrected chi connectivity index (χ2v) is 8.36. The number of nitrogens with one attached hydrogen (secondary N) is 1. The van der Waals surface area contributed by atoms with Crippen LogP contribution in [0.25, 0.3) is 11.0 Å². The number of hydrogen-bond donors (Lipinski definition) is 4. The third kappa shape index (κ3) is 5.07. The molecule has 1 saturated heterocycles. The lowest BCUT2D eigenvalue weighted by Crippen LogP contribution is -2.65. The van der Waals surface area contributed by atoms with Crippen molar-refractivity contribution in [3.63, 3.8) is 0 Å². The number of aliphatic hydroxyl groups is 1. The molecular formula is C23H26N2O11. The molecule has 1 fully saturated rings. The van der Waals surface area contributed by atoms with Crippen molar-refractivity contribution in [1.82, 2.24) is 5.48 Å². The molecule has 0 saturated carbocycles. The molecule has 36 heavy (non-hydrogen) atoms. The second kappa shape index (κ2) is 10.4. The molecule has 1 aromatic heterocycles. The average molecular weight is 506 g/mol. The molecule has 194 valence electrons. The molecular weight excluding hydrogens is 480 g/mol. The summed E-state index contributed by atoms with van der Waals surface area (Å²) in [4.78, 5) is 40.5. The number of primary amides is 1. The highest BCUT2D eigenvalue weighted by Gasteiger charge is 2.53. The third-order valence-electron chi connectivity index (χ3n) is 5.56. The van der Waals surface area contributed by atoms with Crippen LogP contribution in [0.1, 0.15) is 29.8 Å². The van der Waals surface area contributed by atoms with Crippen molar-refractivity contribution >= 4 is 23.0 Å². The van der Waals surface area contributed by atoms with Crippen molar-refractivity contribution in [3.8, 4) is 23.8 Å². The van der Waals surface area contributed by atoms with Crippen molar-refractivity contribution in [2.75, 3.05) is 13.7 Å². The van der Waals surface area contributed by atoms with Crippen molar-refractivity contribution in [2.45, 2.75) is 51.0 Å². The average Bonchev–Trinajstić information content (AvgIpc) is 2.79. The summed E-state index contributed by atoms with van der Waals surface area (Å²) in [5.41, 5.74) is 4.39. The van der Waals surface area contributed by atoms with Crippen LogP contribution in [0.3, 0.4) is 0 Å². The number of aliphatic hydroxyl groups excluding tert-OH is 1. The van der Waals surface area contributed by atoms with Crippen LogP contribution in [0.2, 0.25) is 0 Å². The monoisotopic (exact) mass is 506 g/mol. The van der Waals surface area contributed by atoms with Crippen molar-refractivity contribution < 1.29 is 48.0 Å². The number of benzene rings is 1. The van der Waals surface area contributed by atoms with Gasteiger partial charge in [0.05, 0.1) is 11.0 Å².